The molecule has 7 heteroatoms. The van der Waals surface area contributed by atoms with E-state index in [1.165, 1.54) is 6.20 Å². The first-order valence-electron chi connectivity index (χ1n) is 8.43. The van der Waals surface area contributed by atoms with E-state index in [1.807, 2.05) is 18.2 Å². The molecular weight excluding hydrogens is 354 g/mol. The van der Waals surface area contributed by atoms with Crippen LogP contribution in [0.3, 0.4) is 0 Å². The number of carbonyl (C=O) groups excluding carboxylic acids is 1. The summed E-state index contributed by atoms with van der Waals surface area (Å²) in [7, 11) is 0. The number of nitrogens with one attached hydrogen (secondary N) is 1. The van der Waals surface area contributed by atoms with Crippen molar-refractivity contribution < 1.29 is 14.6 Å². The molecule has 1 aromatic carbocycles. The van der Waals surface area contributed by atoms with E-state index in [9.17, 15) is 9.90 Å². The van der Waals surface area contributed by atoms with Crippen molar-refractivity contribution in [3.8, 4) is 5.75 Å². The molecule has 26 heavy (non-hydrogen) atoms. The van der Waals surface area contributed by atoms with Crippen LogP contribution in [0.25, 0.3) is 5.52 Å². The minimum Gasteiger partial charge on any atom is -0.490 e. The Morgan fingerprint density at radius 3 is 2.77 bits per heavy atom. The lowest BCUT2D eigenvalue weighted by atomic mass is 9.89. The Bertz CT molecular complexity index is 933. The second-order valence-corrected chi connectivity index (χ2v) is 6.80. The fraction of sp³-hybridized carbons (Fsp3) is 0.263. The van der Waals surface area contributed by atoms with Crippen molar-refractivity contribution in [2.45, 2.75) is 31.6 Å². The third kappa shape index (κ3) is 3.25. The summed E-state index contributed by atoms with van der Waals surface area (Å²) >= 11 is 5.86. The largest absolute Gasteiger partial charge is 0.490 e. The first-order chi connectivity index (χ1) is 12.6. The van der Waals surface area contributed by atoms with Gasteiger partial charge in [0.2, 0.25) is 0 Å². The molecule has 0 unspecified atom stereocenters. The lowest BCUT2D eigenvalue weighted by Crippen LogP contribution is -2.48. The van der Waals surface area contributed by atoms with E-state index in [2.05, 4.69) is 10.4 Å². The number of nitrogens with zero attached hydrogens (tertiary/aromatic N) is 2. The van der Waals surface area contributed by atoms with Gasteiger partial charge in [-0.1, -0.05) is 17.7 Å². The molecule has 2 aromatic heterocycles. The smallest absolute Gasteiger partial charge is 0.255 e. The van der Waals surface area contributed by atoms with E-state index in [0.29, 0.717) is 21.8 Å². The first-order valence-corrected chi connectivity index (χ1v) is 8.81. The predicted octanol–water partition coefficient (Wildman–Crippen LogP) is 2.82. The molecule has 2 heterocycles. The number of halogens is 1. The zero-order valence-electron chi connectivity index (χ0n) is 13.9. The third-order valence-corrected chi connectivity index (χ3v) is 4.83. The number of rotatable bonds is 5. The van der Waals surface area contributed by atoms with Gasteiger partial charge in [0.15, 0.2) is 0 Å². The van der Waals surface area contributed by atoms with Crippen molar-refractivity contribution in [2.75, 3.05) is 0 Å². The van der Waals surface area contributed by atoms with Gasteiger partial charge in [-0.3, -0.25) is 4.79 Å². The molecule has 134 valence electrons. The van der Waals surface area contributed by atoms with Gasteiger partial charge in [-0.2, -0.15) is 5.10 Å². The SMILES string of the molecule is O=C(NC1CC(Oc2ccc(Cl)cc2)C1)c1cnn2c(CO)cccc12. The summed E-state index contributed by atoms with van der Waals surface area (Å²) in [6.07, 6.45) is 3.14. The van der Waals surface area contributed by atoms with Gasteiger partial charge < -0.3 is 15.2 Å². The molecule has 1 fully saturated rings. The van der Waals surface area contributed by atoms with Crippen molar-refractivity contribution >= 4 is 23.0 Å². The lowest BCUT2D eigenvalue weighted by Gasteiger charge is -2.35. The highest BCUT2D eigenvalue weighted by Crippen LogP contribution is 2.27. The molecule has 0 atom stereocenters. The number of carbonyl (C=O) groups is 1. The van der Waals surface area contributed by atoms with E-state index in [1.54, 1.807) is 28.8 Å². The van der Waals surface area contributed by atoms with Gasteiger partial charge in [-0.15, -0.1) is 0 Å². The number of pyridine rings is 1. The minimum absolute atomic E-state index is 0.0794. The van der Waals surface area contributed by atoms with Gasteiger partial charge in [0, 0.05) is 23.9 Å². The summed E-state index contributed by atoms with van der Waals surface area (Å²) in [5, 5.41) is 17.3. The number of aromatic nitrogens is 2. The van der Waals surface area contributed by atoms with Crippen LogP contribution in [0.15, 0.2) is 48.7 Å². The van der Waals surface area contributed by atoms with Gasteiger partial charge in [0.05, 0.1) is 29.6 Å². The second kappa shape index (κ2) is 6.97. The maximum Gasteiger partial charge on any atom is 0.255 e. The molecule has 3 aromatic rings. The molecular formula is C19H18ClN3O3. The molecule has 0 bridgehead atoms. The molecule has 1 aliphatic rings. The molecule has 4 rings (SSSR count). The quantitative estimate of drug-likeness (QED) is 0.723. The maximum absolute atomic E-state index is 12.5. The van der Waals surface area contributed by atoms with Crippen LogP contribution in [0.5, 0.6) is 5.75 Å². The molecule has 0 spiro atoms. The molecule has 1 saturated carbocycles. The fourth-order valence-electron chi connectivity index (χ4n) is 3.11. The molecule has 2 N–H and O–H groups in total. The number of hydrogen-bond acceptors (Lipinski definition) is 4. The van der Waals surface area contributed by atoms with Crippen LogP contribution >= 0.6 is 11.6 Å². The van der Waals surface area contributed by atoms with Gasteiger partial charge in [0.25, 0.3) is 5.91 Å². The monoisotopic (exact) mass is 371 g/mol. The number of amides is 1. The van der Waals surface area contributed by atoms with E-state index in [-0.39, 0.29) is 24.7 Å². The van der Waals surface area contributed by atoms with Crippen molar-refractivity contribution in [2.24, 2.45) is 0 Å². The molecule has 0 aliphatic heterocycles. The number of ether oxygens (including phenoxy) is 1. The summed E-state index contributed by atoms with van der Waals surface area (Å²) in [5.74, 6) is 0.619. The van der Waals surface area contributed by atoms with Crippen LogP contribution in [-0.4, -0.2) is 32.8 Å². The zero-order chi connectivity index (χ0) is 18.1. The summed E-state index contributed by atoms with van der Waals surface area (Å²) in [6, 6.07) is 12.7. The highest BCUT2D eigenvalue weighted by Gasteiger charge is 2.32. The Balaban J connectivity index is 1.36. The van der Waals surface area contributed by atoms with Gasteiger partial charge in [-0.05, 0) is 36.4 Å². The Morgan fingerprint density at radius 1 is 1.27 bits per heavy atom. The Labute approximate surface area is 155 Å². The molecule has 0 saturated heterocycles. The standard InChI is InChI=1S/C19H18ClN3O3/c20-12-4-6-15(7-5-12)26-16-8-13(9-16)22-19(25)17-10-21-23-14(11-24)2-1-3-18(17)23/h1-7,10,13,16,24H,8-9,11H2,(H,22,25). The van der Waals surface area contributed by atoms with Crippen molar-refractivity contribution in [3.63, 3.8) is 0 Å². The van der Waals surface area contributed by atoms with E-state index in [0.717, 1.165) is 18.6 Å². The number of hydrogen-bond donors (Lipinski definition) is 2. The van der Waals surface area contributed by atoms with Crippen LogP contribution < -0.4 is 10.1 Å². The summed E-state index contributed by atoms with van der Waals surface area (Å²) in [5.41, 5.74) is 1.83. The van der Waals surface area contributed by atoms with Crippen LogP contribution in [0.1, 0.15) is 28.9 Å². The van der Waals surface area contributed by atoms with Crippen molar-refractivity contribution in [1.82, 2.24) is 14.9 Å². The average molecular weight is 372 g/mol. The molecule has 6 nitrogen and oxygen atoms in total. The zero-order valence-corrected chi connectivity index (χ0v) is 14.7. The van der Waals surface area contributed by atoms with Gasteiger partial charge in [-0.25, -0.2) is 4.52 Å². The van der Waals surface area contributed by atoms with Gasteiger partial charge >= 0.3 is 0 Å². The number of benzene rings is 1. The molecule has 1 aliphatic carbocycles. The fourth-order valence-corrected chi connectivity index (χ4v) is 3.24. The number of aliphatic hydroxyl groups excluding tert-OH is 1. The minimum atomic E-state index is -0.162. The van der Waals surface area contributed by atoms with E-state index in [4.69, 9.17) is 16.3 Å². The Hall–Kier alpha value is -2.57. The van der Waals surface area contributed by atoms with Crippen LogP contribution in [0.4, 0.5) is 0 Å². The van der Waals surface area contributed by atoms with Crippen molar-refractivity contribution in [3.05, 3.63) is 64.9 Å². The Morgan fingerprint density at radius 2 is 2.04 bits per heavy atom. The van der Waals surface area contributed by atoms with E-state index < -0.39 is 0 Å². The first kappa shape index (κ1) is 16.9. The molecule has 0 radical (unpaired) electrons. The maximum atomic E-state index is 12.5. The van der Waals surface area contributed by atoms with E-state index >= 15 is 0 Å². The normalized spacial score (nSPS) is 19.2. The number of aliphatic hydroxyl groups is 1. The average Bonchev–Trinajstić information content (AvgIpc) is 3.05. The highest BCUT2D eigenvalue weighted by molar-refractivity contribution is 6.30. The van der Waals surface area contributed by atoms with Gasteiger partial charge in [0.1, 0.15) is 11.9 Å². The third-order valence-electron chi connectivity index (χ3n) is 4.57. The second-order valence-electron chi connectivity index (χ2n) is 6.37. The topological polar surface area (TPSA) is 75.9 Å². The highest BCUT2D eigenvalue weighted by atomic mass is 35.5. The molecule has 1 amide bonds. The summed E-state index contributed by atoms with van der Waals surface area (Å²) < 4.78 is 7.44. The predicted molar refractivity (Wildman–Crippen MR) is 97.5 cm³/mol. The van der Waals surface area contributed by atoms with Crippen LogP contribution in [-0.2, 0) is 6.61 Å². The number of fused-ring (bicyclic) bond motifs is 1. The van der Waals surface area contributed by atoms with Crippen LogP contribution in [0, 0.1) is 0 Å². The van der Waals surface area contributed by atoms with Crippen molar-refractivity contribution in [1.29, 1.82) is 0 Å². The summed E-state index contributed by atoms with van der Waals surface area (Å²) in [6.45, 7) is -0.133. The van der Waals surface area contributed by atoms with Crippen LogP contribution in [0.2, 0.25) is 5.02 Å². The lowest BCUT2D eigenvalue weighted by molar-refractivity contribution is 0.0702. The Kier molecular flexibility index (Phi) is 4.53. The summed E-state index contributed by atoms with van der Waals surface area (Å²) in [4.78, 5) is 12.5.